The van der Waals surface area contributed by atoms with Crippen LogP contribution in [-0.2, 0) is 13.2 Å². The fourth-order valence-electron chi connectivity index (χ4n) is 5.35. The van der Waals surface area contributed by atoms with Gasteiger partial charge in [0.05, 0.1) is 18.0 Å². The molecule has 4 amide bonds. The number of hydrogen-bond acceptors (Lipinski definition) is 8. The van der Waals surface area contributed by atoms with Gasteiger partial charge in [0.1, 0.15) is 18.1 Å². The minimum atomic E-state index is -0.284. The van der Waals surface area contributed by atoms with Crippen LogP contribution in [0.1, 0.15) is 89.6 Å². The zero-order chi connectivity index (χ0) is 38.9. The summed E-state index contributed by atoms with van der Waals surface area (Å²) in [6.45, 7) is 3.89. The van der Waals surface area contributed by atoms with Gasteiger partial charge in [0.25, 0.3) is 23.6 Å². The first-order valence-electron chi connectivity index (χ1n) is 18.1. The Kier molecular flexibility index (Phi) is 12.2. The number of aliphatic hydroxyl groups excluding tert-OH is 1. The van der Waals surface area contributed by atoms with E-state index in [0.717, 1.165) is 36.8 Å². The third kappa shape index (κ3) is 11.0. The highest BCUT2D eigenvalue weighted by Gasteiger charge is 2.25. The van der Waals surface area contributed by atoms with Gasteiger partial charge in [0.2, 0.25) is 0 Å². The van der Waals surface area contributed by atoms with Crippen LogP contribution >= 0.6 is 0 Å². The molecule has 55 heavy (non-hydrogen) atoms. The molecule has 5 aromatic rings. The van der Waals surface area contributed by atoms with Gasteiger partial charge in [-0.2, -0.15) is 0 Å². The molecular weight excluding hydrogens is 699 g/mol. The molecule has 1 heterocycles. The van der Waals surface area contributed by atoms with Crippen molar-refractivity contribution in [1.29, 1.82) is 0 Å². The summed E-state index contributed by atoms with van der Waals surface area (Å²) >= 11 is 0. The van der Waals surface area contributed by atoms with E-state index in [1.165, 1.54) is 12.1 Å². The van der Waals surface area contributed by atoms with Gasteiger partial charge in [0, 0.05) is 45.7 Å². The molecule has 0 saturated heterocycles. The quantitative estimate of drug-likeness (QED) is 0.0845. The second-order valence-corrected chi connectivity index (χ2v) is 13.6. The van der Waals surface area contributed by atoms with Gasteiger partial charge in [-0.1, -0.05) is 18.2 Å². The van der Waals surface area contributed by atoms with Crippen LogP contribution in [0.5, 0.6) is 11.5 Å². The molecule has 12 nitrogen and oxygen atoms in total. The molecule has 282 valence electrons. The van der Waals surface area contributed by atoms with Crippen LogP contribution in [0.3, 0.4) is 0 Å². The summed E-state index contributed by atoms with van der Waals surface area (Å²) in [7, 11) is 0. The second kappa shape index (κ2) is 17.5. The molecule has 7 rings (SSSR count). The average Bonchev–Trinajstić information content (AvgIpc) is 4.15. The number of phenolic OH excluding ortho intramolecular Hbond substituents is 1. The zero-order valence-corrected chi connectivity index (χ0v) is 30.6. The fraction of sp³-hybridized carbons (Fsp3) is 0.233. The molecule has 2 aliphatic carbocycles. The standard InChI is InChI=1S/C25H25N3O4.C18H18N2O3/c1-16-5-6-18(25(31)27-19-9-10-19)13-23(16)28-24(30)17-7-11-22(12-8-17)32-15-21-4-2-3-20(14-29)26-21;1-11-2-3-13(18(23)19-14-6-7-14)10-16(11)20-17(22)12-4-8-15(21)9-5-12/h2-8,11-13,19,29H,9-10,14-15H2,1H3,(H,27,31)(H,28,30);2-5,8-10,14,21H,6-7H2,1H3,(H,19,23)(H,20,22). The van der Waals surface area contributed by atoms with Crippen molar-refractivity contribution in [3.63, 3.8) is 0 Å². The molecule has 2 aliphatic rings. The van der Waals surface area contributed by atoms with Crippen molar-refractivity contribution in [2.45, 2.75) is 64.8 Å². The number of aliphatic hydroxyl groups is 1. The van der Waals surface area contributed by atoms with Gasteiger partial charge in [-0.25, -0.2) is 0 Å². The Hall–Kier alpha value is -6.53. The van der Waals surface area contributed by atoms with Gasteiger partial charge in [-0.15, -0.1) is 0 Å². The van der Waals surface area contributed by atoms with E-state index in [4.69, 9.17) is 4.74 Å². The van der Waals surface area contributed by atoms with Crippen molar-refractivity contribution in [2.75, 3.05) is 10.6 Å². The van der Waals surface area contributed by atoms with Crippen molar-refractivity contribution >= 4 is 35.0 Å². The highest BCUT2D eigenvalue weighted by molar-refractivity contribution is 6.06. The van der Waals surface area contributed by atoms with E-state index in [2.05, 4.69) is 26.3 Å². The number of aromatic hydroxyl groups is 1. The van der Waals surface area contributed by atoms with Gasteiger partial charge < -0.3 is 36.2 Å². The first kappa shape index (κ1) is 38.2. The van der Waals surface area contributed by atoms with Crippen LogP contribution < -0.4 is 26.0 Å². The van der Waals surface area contributed by atoms with Crippen molar-refractivity contribution in [1.82, 2.24) is 15.6 Å². The summed E-state index contributed by atoms with van der Waals surface area (Å²) in [5.74, 6) is -0.0788. The lowest BCUT2D eigenvalue weighted by atomic mass is 10.1. The maximum Gasteiger partial charge on any atom is 0.255 e. The van der Waals surface area contributed by atoms with E-state index in [1.807, 2.05) is 38.1 Å². The number of aromatic nitrogens is 1. The summed E-state index contributed by atoms with van der Waals surface area (Å²) in [4.78, 5) is 53.6. The zero-order valence-electron chi connectivity index (χ0n) is 30.6. The highest BCUT2D eigenvalue weighted by Crippen LogP contribution is 2.24. The van der Waals surface area contributed by atoms with Crippen LogP contribution in [-0.4, -0.2) is 50.9 Å². The van der Waals surface area contributed by atoms with Gasteiger partial charge >= 0.3 is 0 Å². The number of carbonyl (C=O) groups is 4. The summed E-state index contributed by atoms with van der Waals surface area (Å²) in [6, 6.07) is 29.3. The van der Waals surface area contributed by atoms with E-state index in [0.29, 0.717) is 56.8 Å². The largest absolute Gasteiger partial charge is 0.508 e. The highest BCUT2D eigenvalue weighted by atomic mass is 16.5. The van der Waals surface area contributed by atoms with E-state index >= 15 is 0 Å². The number of carbonyl (C=O) groups excluding carboxylic acids is 4. The Bertz CT molecular complexity index is 2180. The number of pyridine rings is 1. The van der Waals surface area contributed by atoms with Gasteiger partial charge in [-0.05, 0) is 136 Å². The molecule has 0 atom stereocenters. The van der Waals surface area contributed by atoms with Crippen molar-refractivity contribution < 1.29 is 34.1 Å². The topological polar surface area (TPSA) is 179 Å². The molecule has 0 spiro atoms. The number of amides is 4. The van der Waals surface area contributed by atoms with Crippen molar-refractivity contribution in [3.05, 3.63) is 148 Å². The van der Waals surface area contributed by atoms with E-state index in [-0.39, 0.29) is 48.6 Å². The predicted octanol–water partition coefficient (Wildman–Crippen LogP) is 6.45. The molecule has 4 aromatic carbocycles. The Morgan fingerprint density at radius 1 is 0.618 bits per heavy atom. The molecule has 6 N–H and O–H groups in total. The first-order valence-corrected chi connectivity index (χ1v) is 18.1. The number of aryl methyl sites for hydroxylation is 2. The Morgan fingerprint density at radius 3 is 1.55 bits per heavy atom. The molecule has 2 saturated carbocycles. The van der Waals surface area contributed by atoms with Crippen molar-refractivity contribution in [2.24, 2.45) is 0 Å². The lowest BCUT2D eigenvalue weighted by Crippen LogP contribution is -2.25. The maximum atomic E-state index is 12.7. The van der Waals surface area contributed by atoms with Crippen molar-refractivity contribution in [3.8, 4) is 11.5 Å². The molecule has 2 fully saturated rings. The Morgan fingerprint density at radius 2 is 1.07 bits per heavy atom. The third-order valence-corrected chi connectivity index (χ3v) is 8.98. The number of anilines is 2. The van der Waals surface area contributed by atoms with Crippen LogP contribution in [0.2, 0.25) is 0 Å². The van der Waals surface area contributed by atoms with Gasteiger partial charge in [-0.3, -0.25) is 24.2 Å². The van der Waals surface area contributed by atoms with Crippen LogP contribution in [0.15, 0.2) is 103 Å². The Labute approximate surface area is 319 Å². The minimum Gasteiger partial charge on any atom is -0.508 e. The Balaban J connectivity index is 0.000000197. The summed E-state index contributed by atoms with van der Waals surface area (Å²) in [5.41, 5.74) is 6.23. The predicted molar refractivity (Wildman–Crippen MR) is 208 cm³/mol. The molecule has 0 unspecified atom stereocenters. The molecule has 12 heteroatoms. The van der Waals surface area contributed by atoms with E-state index < -0.39 is 0 Å². The van der Waals surface area contributed by atoms with Crippen LogP contribution in [0.4, 0.5) is 11.4 Å². The third-order valence-electron chi connectivity index (χ3n) is 8.98. The van der Waals surface area contributed by atoms with E-state index in [9.17, 15) is 29.4 Å². The minimum absolute atomic E-state index is 0.108. The lowest BCUT2D eigenvalue weighted by molar-refractivity contribution is 0.0942. The maximum absolute atomic E-state index is 12.7. The van der Waals surface area contributed by atoms with Gasteiger partial charge in [0.15, 0.2) is 0 Å². The normalized spacial score (nSPS) is 13.1. The average molecular weight is 742 g/mol. The monoisotopic (exact) mass is 741 g/mol. The number of hydrogen-bond donors (Lipinski definition) is 6. The lowest BCUT2D eigenvalue weighted by Gasteiger charge is -2.12. The number of rotatable bonds is 12. The van der Waals surface area contributed by atoms with E-state index in [1.54, 1.807) is 66.7 Å². The smallest absolute Gasteiger partial charge is 0.255 e. The first-order chi connectivity index (χ1) is 26.5. The number of benzene rings is 4. The SMILES string of the molecule is Cc1ccc(C(=O)NC2CC2)cc1NC(=O)c1ccc(O)cc1.Cc1ccc(C(=O)NC2CC2)cc1NC(=O)c1ccc(OCc2cccc(CO)n2)cc1. The summed E-state index contributed by atoms with van der Waals surface area (Å²) < 4.78 is 5.72. The molecule has 1 aromatic heterocycles. The number of nitrogens with zero attached hydrogens (tertiary/aromatic N) is 1. The van der Waals surface area contributed by atoms with Crippen LogP contribution in [0.25, 0.3) is 0 Å². The number of nitrogens with one attached hydrogen (secondary N) is 4. The second-order valence-electron chi connectivity index (χ2n) is 13.6. The number of phenols is 1. The molecule has 0 bridgehead atoms. The summed E-state index contributed by atoms with van der Waals surface area (Å²) in [5, 5.41) is 30.0. The van der Waals surface area contributed by atoms with Crippen LogP contribution in [0, 0.1) is 13.8 Å². The fourth-order valence-corrected chi connectivity index (χ4v) is 5.35. The molecular formula is C43H43N5O7. The molecule has 0 radical (unpaired) electrons. The number of ether oxygens (including phenoxy) is 1. The molecule has 0 aliphatic heterocycles. The summed E-state index contributed by atoms with van der Waals surface area (Å²) in [6.07, 6.45) is 4.10.